The van der Waals surface area contributed by atoms with Gasteiger partial charge in [-0.25, -0.2) is 0 Å². The number of nitrogens with one attached hydrogen (secondary N) is 1. The Hall–Kier alpha value is -1.39. The molecule has 0 amide bonds. The minimum absolute atomic E-state index is 0.385. The highest BCUT2D eigenvalue weighted by Gasteiger charge is 2.10. The van der Waals surface area contributed by atoms with Crippen molar-refractivity contribution >= 4 is 44.5 Å². The standard InChI is InChI=1S/C16H17BrN2S/c1-10(2)12-5-3-4-6-14(12)19-15-8-7-11(17)9-13(15)16(18)20/h3-10,19H,1-2H3,(H2,18,20). The highest BCUT2D eigenvalue weighted by Crippen LogP contribution is 2.29. The number of anilines is 2. The summed E-state index contributed by atoms with van der Waals surface area (Å²) >= 11 is 8.57. The topological polar surface area (TPSA) is 38.0 Å². The summed E-state index contributed by atoms with van der Waals surface area (Å²) in [5.41, 5.74) is 9.92. The molecule has 104 valence electrons. The monoisotopic (exact) mass is 348 g/mol. The van der Waals surface area contributed by atoms with Crippen LogP contribution in [-0.4, -0.2) is 4.99 Å². The van der Waals surface area contributed by atoms with Crippen LogP contribution < -0.4 is 11.1 Å². The number of hydrogen-bond donors (Lipinski definition) is 2. The van der Waals surface area contributed by atoms with Crippen LogP contribution in [0.1, 0.15) is 30.9 Å². The van der Waals surface area contributed by atoms with Gasteiger partial charge < -0.3 is 11.1 Å². The smallest absolute Gasteiger partial charge is 0.106 e. The van der Waals surface area contributed by atoms with Crippen molar-refractivity contribution in [1.82, 2.24) is 0 Å². The zero-order valence-electron chi connectivity index (χ0n) is 11.5. The van der Waals surface area contributed by atoms with E-state index in [1.807, 2.05) is 24.3 Å². The number of hydrogen-bond acceptors (Lipinski definition) is 2. The van der Waals surface area contributed by atoms with Gasteiger partial charge in [-0.3, -0.25) is 0 Å². The Balaban J connectivity index is 2.43. The molecule has 0 atom stereocenters. The maximum Gasteiger partial charge on any atom is 0.106 e. The summed E-state index contributed by atoms with van der Waals surface area (Å²) in [7, 11) is 0. The van der Waals surface area contributed by atoms with Crippen LogP contribution in [0.15, 0.2) is 46.9 Å². The van der Waals surface area contributed by atoms with Gasteiger partial charge in [0.25, 0.3) is 0 Å². The molecule has 0 saturated heterocycles. The zero-order valence-corrected chi connectivity index (χ0v) is 13.9. The van der Waals surface area contributed by atoms with Gasteiger partial charge in [-0.15, -0.1) is 0 Å². The fourth-order valence-corrected chi connectivity index (χ4v) is 2.62. The zero-order chi connectivity index (χ0) is 14.7. The largest absolute Gasteiger partial charge is 0.389 e. The lowest BCUT2D eigenvalue weighted by atomic mass is 10.0. The van der Waals surface area contributed by atoms with Crippen LogP contribution in [0.4, 0.5) is 11.4 Å². The van der Waals surface area contributed by atoms with Gasteiger partial charge in [0.1, 0.15) is 4.99 Å². The van der Waals surface area contributed by atoms with E-state index in [-0.39, 0.29) is 0 Å². The minimum atomic E-state index is 0.385. The molecule has 0 unspecified atom stereocenters. The van der Waals surface area contributed by atoms with Crippen LogP contribution in [0.3, 0.4) is 0 Å². The lowest BCUT2D eigenvalue weighted by Gasteiger charge is -2.17. The van der Waals surface area contributed by atoms with E-state index in [0.29, 0.717) is 10.9 Å². The molecule has 2 aromatic rings. The van der Waals surface area contributed by atoms with Crippen molar-refractivity contribution in [3.63, 3.8) is 0 Å². The third-order valence-electron chi connectivity index (χ3n) is 3.10. The molecule has 0 bridgehead atoms. The van der Waals surface area contributed by atoms with E-state index < -0.39 is 0 Å². The molecule has 0 aliphatic carbocycles. The molecular formula is C16H17BrN2S. The molecule has 3 N–H and O–H groups in total. The first-order valence-corrected chi connectivity index (χ1v) is 7.64. The summed E-state index contributed by atoms with van der Waals surface area (Å²) in [6.45, 7) is 4.35. The second kappa shape index (κ2) is 6.37. The van der Waals surface area contributed by atoms with Crippen LogP contribution in [0.5, 0.6) is 0 Å². The summed E-state index contributed by atoms with van der Waals surface area (Å²) in [6, 6.07) is 14.2. The first-order chi connectivity index (χ1) is 9.49. The Labute approximate surface area is 133 Å². The fraction of sp³-hybridized carbons (Fsp3) is 0.188. The van der Waals surface area contributed by atoms with Crippen LogP contribution in [-0.2, 0) is 0 Å². The van der Waals surface area contributed by atoms with Crippen molar-refractivity contribution in [2.24, 2.45) is 5.73 Å². The number of thiocarbonyl (C=S) groups is 1. The van der Waals surface area contributed by atoms with Gasteiger partial charge in [-0.2, -0.15) is 0 Å². The van der Waals surface area contributed by atoms with Crippen LogP contribution >= 0.6 is 28.1 Å². The predicted octanol–water partition coefficient (Wildman–Crippen LogP) is 4.95. The van der Waals surface area contributed by atoms with E-state index in [2.05, 4.69) is 53.3 Å². The quantitative estimate of drug-likeness (QED) is 0.767. The Bertz CT molecular complexity index is 638. The number of benzene rings is 2. The van der Waals surface area contributed by atoms with Gasteiger partial charge in [0.15, 0.2) is 0 Å². The first kappa shape index (κ1) is 15.0. The van der Waals surface area contributed by atoms with Gasteiger partial charge >= 0.3 is 0 Å². The molecular weight excluding hydrogens is 332 g/mol. The summed E-state index contributed by atoms with van der Waals surface area (Å²) in [4.78, 5) is 0.385. The van der Waals surface area contributed by atoms with Gasteiger partial charge in [-0.05, 0) is 35.7 Å². The summed E-state index contributed by atoms with van der Waals surface area (Å²) in [5.74, 6) is 0.447. The summed E-state index contributed by atoms with van der Waals surface area (Å²) < 4.78 is 0.961. The molecule has 2 rings (SSSR count). The molecule has 4 heteroatoms. The molecule has 2 nitrogen and oxygen atoms in total. The van der Waals surface area contributed by atoms with E-state index in [4.69, 9.17) is 18.0 Å². The van der Waals surface area contributed by atoms with E-state index >= 15 is 0 Å². The molecule has 0 radical (unpaired) electrons. The normalized spacial score (nSPS) is 10.6. The number of rotatable bonds is 4. The maximum absolute atomic E-state index is 5.81. The van der Waals surface area contributed by atoms with E-state index in [1.54, 1.807) is 0 Å². The van der Waals surface area contributed by atoms with Gasteiger partial charge in [-0.1, -0.05) is 60.2 Å². The third-order valence-corrected chi connectivity index (χ3v) is 3.81. The van der Waals surface area contributed by atoms with E-state index in [0.717, 1.165) is 21.4 Å². The molecule has 20 heavy (non-hydrogen) atoms. The summed E-state index contributed by atoms with van der Waals surface area (Å²) in [5, 5.41) is 3.44. The lowest BCUT2D eigenvalue weighted by Crippen LogP contribution is -2.12. The minimum Gasteiger partial charge on any atom is -0.389 e. The third kappa shape index (κ3) is 3.38. The number of halogens is 1. The average molecular weight is 349 g/mol. The molecule has 0 aromatic heterocycles. The highest BCUT2D eigenvalue weighted by atomic mass is 79.9. The molecule has 0 heterocycles. The average Bonchev–Trinajstić information content (AvgIpc) is 2.41. The van der Waals surface area contributed by atoms with Crippen molar-refractivity contribution in [2.75, 3.05) is 5.32 Å². The number of para-hydroxylation sites is 1. The van der Waals surface area contributed by atoms with Gasteiger partial charge in [0.2, 0.25) is 0 Å². The Morgan fingerprint density at radius 1 is 1.15 bits per heavy atom. The van der Waals surface area contributed by atoms with Gasteiger partial charge in [0.05, 0.1) is 0 Å². The van der Waals surface area contributed by atoms with E-state index in [9.17, 15) is 0 Å². The van der Waals surface area contributed by atoms with Crippen molar-refractivity contribution in [3.8, 4) is 0 Å². The van der Waals surface area contributed by atoms with Crippen LogP contribution in [0.25, 0.3) is 0 Å². The van der Waals surface area contributed by atoms with Crippen molar-refractivity contribution in [2.45, 2.75) is 19.8 Å². The van der Waals surface area contributed by atoms with Crippen molar-refractivity contribution in [3.05, 3.63) is 58.1 Å². The van der Waals surface area contributed by atoms with Gasteiger partial charge in [0, 0.05) is 21.4 Å². The molecule has 0 saturated carbocycles. The number of nitrogens with two attached hydrogens (primary N) is 1. The SMILES string of the molecule is CC(C)c1ccccc1Nc1ccc(Br)cc1C(N)=S. The molecule has 0 aliphatic rings. The Kier molecular flexibility index (Phi) is 4.78. The lowest BCUT2D eigenvalue weighted by molar-refractivity contribution is 0.869. The predicted molar refractivity (Wildman–Crippen MR) is 93.8 cm³/mol. The molecule has 0 spiro atoms. The first-order valence-electron chi connectivity index (χ1n) is 6.44. The summed E-state index contributed by atoms with van der Waals surface area (Å²) in [6.07, 6.45) is 0. The Morgan fingerprint density at radius 2 is 1.85 bits per heavy atom. The van der Waals surface area contributed by atoms with Crippen LogP contribution in [0.2, 0.25) is 0 Å². The second-order valence-electron chi connectivity index (χ2n) is 4.92. The molecule has 2 aromatic carbocycles. The fourth-order valence-electron chi connectivity index (χ4n) is 2.09. The molecule has 0 aliphatic heterocycles. The van der Waals surface area contributed by atoms with E-state index in [1.165, 1.54) is 5.56 Å². The van der Waals surface area contributed by atoms with Crippen molar-refractivity contribution in [1.29, 1.82) is 0 Å². The van der Waals surface area contributed by atoms with Crippen LogP contribution in [0, 0.1) is 0 Å². The second-order valence-corrected chi connectivity index (χ2v) is 6.28. The van der Waals surface area contributed by atoms with Crippen molar-refractivity contribution < 1.29 is 0 Å². The molecule has 0 fully saturated rings. The highest BCUT2D eigenvalue weighted by molar-refractivity contribution is 9.10. The maximum atomic E-state index is 5.81. The Morgan fingerprint density at radius 3 is 2.50 bits per heavy atom.